The first-order valence-electron chi connectivity index (χ1n) is 11.6. The van der Waals surface area contributed by atoms with Crippen molar-refractivity contribution in [3.63, 3.8) is 0 Å². The van der Waals surface area contributed by atoms with E-state index in [9.17, 15) is 0 Å². The van der Waals surface area contributed by atoms with E-state index < -0.39 is 0 Å². The van der Waals surface area contributed by atoms with Gasteiger partial charge in [0.15, 0.2) is 0 Å². The zero-order valence-electron chi connectivity index (χ0n) is 20.8. The van der Waals surface area contributed by atoms with E-state index in [2.05, 4.69) is 45.6 Å². The summed E-state index contributed by atoms with van der Waals surface area (Å²) in [5, 5.41) is 3.26. The Hall–Kier alpha value is -4.45. The van der Waals surface area contributed by atoms with E-state index in [0.717, 1.165) is 50.1 Å². The SMILES string of the molecule is C=C/C(N)=C\C(=C/C)c1ccc(NC)c(C(=C)c2nc3c(-c4ccncc4)cncc3[nH]2)c1.CC. The van der Waals surface area contributed by atoms with Crippen molar-refractivity contribution < 1.29 is 0 Å². The number of aromatic nitrogens is 4. The molecule has 6 nitrogen and oxygen atoms in total. The number of rotatable bonds is 7. The van der Waals surface area contributed by atoms with Gasteiger partial charge >= 0.3 is 0 Å². The number of pyridine rings is 2. The van der Waals surface area contributed by atoms with Crippen LogP contribution in [0.5, 0.6) is 0 Å². The molecular formula is C29H32N6. The van der Waals surface area contributed by atoms with Gasteiger partial charge in [0, 0.05) is 53.7 Å². The van der Waals surface area contributed by atoms with Crippen LogP contribution in [0.3, 0.4) is 0 Å². The summed E-state index contributed by atoms with van der Waals surface area (Å²) in [7, 11) is 1.89. The topological polar surface area (TPSA) is 92.5 Å². The van der Waals surface area contributed by atoms with Gasteiger partial charge in [-0.1, -0.05) is 39.1 Å². The number of allylic oxidation sites excluding steroid dienone is 4. The van der Waals surface area contributed by atoms with Crippen molar-refractivity contribution >= 4 is 27.9 Å². The van der Waals surface area contributed by atoms with Gasteiger partial charge in [0.05, 0.1) is 17.2 Å². The largest absolute Gasteiger partial charge is 0.399 e. The van der Waals surface area contributed by atoms with Crippen LogP contribution in [-0.2, 0) is 0 Å². The summed E-state index contributed by atoms with van der Waals surface area (Å²) in [6.07, 6.45) is 12.7. The minimum atomic E-state index is 0.606. The van der Waals surface area contributed by atoms with Crippen LogP contribution in [0.25, 0.3) is 33.3 Å². The molecule has 6 heteroatoms. The first kappa shape index (κ1) is 25.2. The molecule has 0 unspecified atom stereocenters. The molecule has 4 N–H and O–H groups in total. The molecule has 3 aromatic heterocycles. The van der Waals surface area contributed by atoms with Crippen LogP contribution < -0.4 is 11.1 Å². The van der Waals surface area contributed by atoms with E-state index >= 15 is 0 Å². The van der Waals surface area contributed by atoms with Crippen LogP contribution in [0.4, 0.5) is 5.69 Å². The number of aromatic amines is 1. The second kappa shape index (κ2) is 11.6. The van der Waals surface area contributed by atoms with E-state index in [-0.39, 0.29) is 0 Å². The Bertz CT molecular complexity index is 1390. The number of benzene rings is 1. The Morgan fingerprint density at radius 1 is 1.09 bits per heavy atom. The number of nitrogens with one attached hydrogen (secondary N) is 2. The summed E-state index contributed by atoms with van der Waals surface area (Å²) in [6, 6.07) is 10.1. The molecule has 0 atom stereocenters. The summed E-state index contributed by atoms with van der Waals surface area (Å²) >= 11 is 0. The van der Waals surface area contributed by atoms with Crippen molar-refractivity contribution in [2.24, 2.45) is 5.73 Å². The van der Waals surface area contributed by atoms with Crippen molar-refractivity contribution in [1.82, 2.24) is 19.9 Å². The molecule has 4 rings (SSSR count). The van der Waals surface area contributed by atoms with Gasteiger partial charge in [-0.25, -0.2) is 4.98 Å². The Morgan fingerprint density at radius 2 is 1.83 bits per heavy atom. The third-order valence-electron chi connectivity index (χ3n) is 5.49. The molecule has 178 valence electrons. The van der Waals surface area contributed by atoms with Crippen molar-refractivity contribution in [3.05, 3.63) is 109 Å². The zero-order valence-corrected chi connectivity index (χ0v) is 20.8. The number of H-pyrrole nitrogens is 1. The maximum absolute atomic E-state index is 5.98. The molecule has 0 fully saturated rings. The normalized spacial score (nSPS) is 11.5. The molecule has 0 aliphatic heterocycles. The number of anilines is 1. The maximum atomic E-state index is 5.98. The van der Waals surface area contributed by atoms with Crippen LogP contribution >= 0.6 is 0 Å². The van der Waals surface area contributed by atoms with Gasteiger partial charge in [-0.05, 0) is 60.0 Å². The first-order valence-corrected chi connectivity index (χ1v) is 11.6. The lowest BCUT2D eigenvalue weighted by Crippen LogP contribution is -1.99. The first-order chi connectivity index (χ1) is 17.0. The van der Waals surface area contributed by atoms with Gasteiger partial charge in [-0.15, -0.1) is 0 Å². The van der Waals surface area contributed by atoms with Crippen molar-refractivity contribution in [2.75, 3.05) is 12.4 Å². The highest BCUT2D eigenvalue weighted by Crippen LogP contribution is 2.33. The van der Waals surface area contributed by atoms with E-state index in [1.54, 1.807) is 24.7 Å². The summed E-state index contributed by atoms with van der Waals surface area (Å²) < 4.78 is 0. The summed E-state index contributed by atoms with van der Waals surface area (Å²) in [5.41, 5.74) is 14.9. The fraction of sp³-hybridized carbons (Fsp3) is 0.138. The highest BCUT2D eigenvalue weighted by Gasteiger charge is 2.16. The zero-order chi connectivity index (χ0) is 25.4. The standard InChI is InChI=1S/C27H26N6.C2H6/c1-5-18(13-21(28)6-2)20-7-8-24(29-4)22(14-20)17(3)27-32-25-16-31-15-23(26(25)33-27)19-9-11-30-12-10-19;1-2/h5-16,29H,2-3,28H2,1,4H3,(H,32,33);1-2H3/b18-5+,21-13+;. The maximum Gasteiger partial charge on any atom is 0.138 e. The summed E-state index contributed by atoms with van der Waals surface area (Å²) in [6.45, 7) is 14.1. The Morgan fingerprint density at radius 3 is 2.49 bits per heavy atom. The second-order valence-corrected chi connectivity index (χ2v) is 7.49. The molecule has 35 heavy (non-hydrogen) atoms. The quantitative estimate of drug-likeness (QED) is 0.269. The number of imidazole rings is 1. The van der Waals surface area contributed by atoms with Gasteiger partial charge < -0.3 is 16.0 Å². The highest BCUT2D eigenvalue weighted by molar-refractivity contribution is 5.94. The van der Waals surface area contributed by atoms with Gasteiger partial charge in [0.2, 0.25) is 0 Å². The molecule has 4 aromatic rings. The van der Waals surface area contributed by atoms with E-state index in [4.69, 9.17) is 10.7 Å². The van der Waals surface area contributed by atoms with Crippen molar-refractivity contribution in [2.45, 2.75) is 20.8 Å². The summed E-state index contributed by atoms with van der Waals surface area (Å²) in [4.78, 5) is 16.8. The monoisotopic (exact) mass is 464 g/mol. The lowest BCUT2D eigenvalue weighted by Gasteiger charge is -2.13. The van der Waals surface area contributed by atoms with Crippen LogP contribution in [-0.4, -0.2) is 27.0 Å². The molecule has 0 radical (unpaired) electrons. The molecule has 0 aliphatic rings. The van der Waals surface area contributed by atoms with Gasteiger partial charge in [0.25, 0.3) is 0 Å². The fourth-order valence-corrected chi connectivity index (χ4v) is 3.71. The molecular weight excluding hydrogens is 432 g/mol. The van der Waals surface area contributed by atoms with Crippen LogP contribution in [0.1, 0.15) is 37.7 Å². The fourth-order valence-electron chi connectivity index (χ4n) is 3.71. The number of nitrogens with zero attached hydrogens (tertiary/aromatic N) is 3. The second-order valence-electron chi connectivity index (χ2n) is 7.49. The molecule has 0 bridgehead atoms. The Balaban J connectivity index is 0.00000167. The van der Waals surface area contributed by atoms with E-state index in [0.29, 0.717) is 11.5 Å². The molecule has 0 saturated carbocycles. The predicted octanol–water partition coefficient (Wildman–Crippen LogP) is 6.58. The third kappa shape index (κ3) is 5.38. The van der Waals surface area contributed by atoms with Gasteiger partial charge in [-0.2, -0.15) is 0 Å². The van der Waals surface area contributed by atoms with Gasteiger partial charge in [-0.3, -0.25) is 9.97 Å². The number of nitrogens with two attached hydrogens (primary N) is 1. The van der Waals surface area contributed by atoms with E-state index in [1.165, 1.54) is 0 Å². The molecule has 0 saturated heterocycles. The smallest absolute Gasteiger partial charge is 0.138 e. The minimum Gasteiger partial charge on any atom is -0.399 e. The number of hydrogen-bond donors (Lipinski definition) is 3. The van der Waals surface area contributed by atoms with E-state index in [1.807, 2.05) is 64.4 Å². The van der Waals surface area contributed by atoms with Gasteiger partial charge in [0.1, 0.15) is 5.82 Å². The average Bonchev–Trinajstić information content (AvgIpc) is 3.37. The lowest BCUT2D eigenvalue weighted by molar-refractivity contribution is 1.26. The molecule has 0 spiro atoms. The lowest BCUT2D eigenvalue weighted by atomic mass is 9.97. The van der Waals surface area contributed by atoms with Crippen molar-refractivity contribution in [1.29, 1.82) is 0 Å². The van der Waals surface area contributed by atoms with Crippen LogP contribution in [0, 0.1) is 0 Å². The third-order valence-corrected chi connectivity index (χ3v) is 5.49. The highest BCUT2D eigenvalue weighted by atomic mass is 14.9. The molecule has 1 aromatic carbocycles. The number of fused-ring (bicyclic) bond motifs is 1. The molecule has 3 heterocycles. The molecule has 0 amide bonds. The Kier molecular flexibility index (Phi) is 8.35. The predicted molar refractivity (Wildman–Crippen MR) is 149 cm³/mol. The molecule has 0 aliphatic carbocycles. The Labute approximate surface area is 207 Å². The summed E-state index contributed by atoms with van der Waals surface area (Å²) in [5.74, 6) is 0.685. The van der Waals surface area contributed by atoms with Crippen LogP contribution in [0.15, 0.2) is 92.2 Å². The minimum absolute atomic E-state index is 0.606. The number of hydrogen-bond acceptors (Lipinski definition) is 5. The van der Waals surface area contributed by atoms with Crippen LogP contribution in [0.2, 0.25) is 0 Å². The average molecular weight is 465 g/mol. The van der Waals surface area contributed by atoms with Crippen molar-refractivity contribution in [3.8, 4) is 11.1 Å².